The molecule has 2 N–H and O–H groups in total. The predicted octanol–water partition coefficient (Wildman–Crippen LogP) is -1.10. The Hall–Kier alpha value is -1.66. The minimum atomic E-state index is -1.01. The van der Waals surface area contributed by atoms with Crippen LogP contribution < -0.4 is 33.4 Å². The van der Waals surface area contributed by atoms with E-state index in [1.807, 2.05) is 18.2 Å². The number of methoxy groups -OCH3 is 1. The second kappa shape index (κ2) is 10.0. The molecule has 2 fully saturated rings. The zero-order valence-corrected chi connectivity index (χ0v) is 16.1. The average molecular weight is 367 g/mol. The normalized spacial score (nSPS) is 24.8. The Bertz CT molecular complexity index is 673. The van der Waals surface area contributed by atoms with Crippen LogP contribution in [0.4, 0.5) is 0 Å². The van der Waals surface area contributed by atoms with E-state index in [-0.39, 0.29) is 30.4 Å². The molecule has 0 aromatic heterocycles. The van der Waals surface area contributed by atoms with Crippen molar-refractivity contribution in [2.45, 2.75) is 62.9 Å². The summed E-state index contributed by atoms with van der Waals surface area (Å²) in [6, 6.07) is 8.11. The van der Waals surface area contributed by atoms with Gasteiger partial charge in [0.25, 0.3) is 0 Å². The molecule has 1 aromatic rings. The van der Waals surface area contributed by atoms with Gasteiger partial charge < -0.3 is 24.9 Å². The third kappa shape index (κ3) is 4.99. The molecule has 7 heteroatoms. The van der Waals surface area contributed by atoms with E-state index in [2.05, 4.69) is 6.07 Å². The molecular weight excluding hydrogens is 341 g/mol. The third-order valence-corrected chi connectivity index (χ3v) is 5.70. The summed E-state index contributed by atoms with van der Waals surface area (Å²) in [5.74, 6) is -0.101. The summed E-state index contributed by atoms with van der Waals surface area (Å²) in [7, 11) is 1.61. The smallest absolute Gasteiger partial charge is 0.550 e. The van der Waals surface area contributed by atoms with Crippen molar-refractivity contribution in [2.24, 2.45) is 5.92 Å². The van der Waals surface area contributed by atoms with E-state index in [4.69, 9.17) is 9.47 Å². The molecular formula is C20H26LiNO5. The molecule has 0 unspecified atom stereocenters. The molecule has 6 nitrogen and oxygen atoms in total. The number of carboxylic acid groups (broad SMARTS) is 1. The largest absolute Gasteiger partial charge is 1.00 e. The fourth-order valence-corrected chi connectivity index (χ4v) is 4.06. The number of carbonyl (C=O) groups excluding carboxylic acids is 1. The van der Waals surface area contributed by atoms with Crippen molar-refractivity contribution in [3.05, 3.63) is 23.8 Å². The maximum atomic E-state index is 11.1. The van der Waals surface area contributed by atoms with Gasteiger partial charge in [-0.1, -0.05) is 6.07 Å². The summed E-state index contributed by atoms with van der Waals surface area (Å²) >= 11 is 0. The Morgan fingerprint density at radius 1 is 1.19 bits per heavy atom. The van der Waals surface area contributed by atoms with Gasteiger partial charge in [0.1, 0.15) is 0 Å². The molecule has 0 spiro atoms. The Balaban J connectivity index is 0.00000182. The fraction of sp³-hybridized carbons (Fsp3) is 0.600. The van der Waals surface area contributed by atoms with E-state index < -0.39 is 17.3 Å². The van der Waals surface area contributed by atoms with Crippen molar-refractivity contribution in [3.63, 3.8) is 0 Å². The average Bonchev–Trinajstić information content (AvgIpc) is 3.14. The van der Waals surface area contributed by atoms with Crippen LogP contribution in [0.15, 0.2) is 18.2 Å². The number of carboxylic acids is 1. The summed E-state index contributed by atoms with van der Waals surface area (Å²) in [5, 5.41) is 20.9. The van der Waals surface area contributed by atoms with Crippen molar-refractivity contribution >= 4 is 5.97 Å². The van der Waals surface area contributed by atoms with Crippen LogP contribution in [-0.2, 0) is 10.2 Å². The zero-order chi connectivity index (χ0) is 17.9. The summed E-state index contributed by atoms with van der Waals surface area (Å²) < 4.78 is 11.6. The molecule has 0 aliphatic heterocycles. The summed E-state index contributed by atoms with van der Waals surface area (Å²) in [6.07, 6.45) is 6.65. The first-order valence-corrected chi connectivity index (χ1v) is 9.05. The number of nitriles is 1. The van der Waals surface area contributed by atoms with Crippen molar-refractivity contribution in [3.8, 4) is 17.6 Å². The maximum absolute atomic E-state index is 11.1. The molecule has 0 heterocycles. The Morgan fingerprint density at radius 3 is 2.33 bits per heavy atom. The third-order valence-electron chi connectivity index (χ3n) is 5.70. The maximum Gasteiger partial charge on any atom is 1.00 e. The summed E-state index contributed by atoms with van der Waals surface area (Å²) in [5.41, 5.74) is 0.229. The van der Waals surface area contributed by atoms with Gasteiger partial charge in [0, 0.05) is 5.97 Å². The molecule has 0 atom stereocenters. The van der Waals surface area contributed by atoms with E-state index in [9.17, 15) is 15.2 Å². The molecule has 2 aliphatic carbocycles. The molecule has 3 rings (SSSR count). The minimum Gasteiger partial charge on any atom is -0.550 e. The Kier molecular flexibility index (Phi) is 8.69. The van der Waals surface area contributed by atoms with E-state index in [1.165, 1.54) is 12.8 Å². The van der Waals surface area contributed by atoms with Crippen LogP contribution >= 0.6 is 0 Å². The van der Waals surface area contributed by atoms with E-state index in [0.29, 0.717) is 37.2 Å². The summed E-state index contributed by atoms with van der Waals surface area (Å²) in [6.45, 7) is 0. The van der Waals surface area contributed by atoms with E-state index in [1.54, 1.807) is 7.11 Å². The van der Waals surface area contributed by atoms with Crippen LogP contribution in [0.1, 0.15) is 56.9 Å². The molecule has 0 radical (unpaired) electrons. The van der Waals surface area contributed by atoms with Crippen LogP contribution in [0.3, 0.4) is 0 Å². The number of hydrogen-bond acceptors (Lipinski definition) is 5. The van der Waals surface area contributed by atoms with Crippen LogP contribution in [0.5, 0.6) is 11.5 Å². The molecule has 27 heavy (non-hydrogen) atoms. The first kappa shape index (κ1) is 23.4. The van der Waals surface area contributed by atoms with Crippen LogP contribution in [-0.4, -0.2) is 24.7 Å². The molecule has 2 saturated carbocycles. The number of ether oxygens (including phenoxy) is 2. The van der Waals surface area contributed by atoms with Gasteiger partial charge in [-0.25, -0.2) is 0 Å². The van der Waals surface area contributed by atoms with Gasteiger partial charge in [-0.2, -0.15) is 5.26 Å². The van der Waals surface area contributed by atoms with Crippen molar-refractivity contribution in [1.29, 1.82) is 5.26 Å². The van der Waals surface area contributed by atoms with Crippen LogP contribution in [0.25, 0.3) is 0 Å². The zero-order valence-electron chi connectivity index (χ0n) is 16.1. The van der Waals surface area contributed by atoms with Crippen LogP contribution in [0.2, 0.25) is 0 Å². The molecule has 0 amide bonds. The van der Waals surface area contributed by atoms with Gasteiger partial charge >= 0.3 is 18.9 Å². The first-order chi connectivity index (χ1) is 12.1. The number of benzene rings is 1. The number of aliphatic carboxylic acids is 1. The molecule has 1 aromatic carbocycles. The number of hydrogen-bond donors (Lipinski definition) is 0. The Morgan fingerprint density at radius 2 is 1.81 bits per heavy atom. The molecule has 142 valence electrons. The van der Waals surface area contributed by atoms with Gasteiger partial charge in [-0.15, -0.1) is 0 Å². The van der Waals surface area contributed by atoms with E-state index >= 15 is 0 Å². The second-order valence-electron chi connectivity index (χ2n) is 7.18. The monoisotopic (exact) mass is 367 g/mol. The fourth-order valence-electron chi connectivity index (χ4n) is 4.06. The minimum absolute atomic E-state index is 0. The van der Waals surface area contributed by atoms with Crippen molar-refractivity contribution in [2.75, 3.05) is 7.11 Å². The molecule has 0 saturated heterocycles. The summed E-state index contributed by atoms with van der Waals surface area (Å²) in [4.78, 5) is 11.1. The number of carbonyl (C=O) groups is 1. The molecule has 2 aliphatic rings. The first-order valence-electron chi connectivity index (χ1n) is 9.05. The molecule has 0 bridgehead atoms. The van der Waals surface area contributed by atoms with E-state index in [0.717, 1.165) is 18.4 Å². The van der Waals surface area contributed by atoms with Gasteiger partial charge in [0.2, 0.25) is 0 Å². The number of rotatable bonds is 5. The van der Waals surface area contributed by atoms with Gasteiger partial charge in [0.15, 0.2) is 11.5 Å². The predicted molar refractivity (Wildman–Crippen MR) is 93.7 cm³/mol. The van der Waals surface area contributed by atoms with Gasteiger partial charge in [0.05, 0.1) is 24.7 Å². The van der Waals surface area contributed by atoms with Gasteiger partial charge in [-0.05, 0) is 75.0 Å². The van der Waals surface area contributed by atoms with Gasteiger partial charge in [-0.3, -0.25) is 0 Å². The van der Waals surface area contributed by atoms with Crippen molar-refractivity contribution in [1.82, 2.24) is 0 Å². The SMILES string of the molecule is COc1ccc(C2(C#N)CCC(C(=O)[O-])CC2)cc1OC1CCCC1.O.[Li+]. The van der Waals surface area contributed by atoms with Crippen LogP contribution in [0, 0.1) is 17.2 Å². The quantitative estimate of drug-likeness (QED) is 0.613. The number of nitrogens with zero attached hydrogens (tertiary/aromatic N) is 1. The topological polar surface area (TPSA) is 114 Å². The standard InChI is InChI=1S/C20H25NO4.Li.H2O/c1-24-17-7-6-15(12-18(17)25-16-4-2-3-5-16)20(13-21)10-8-14(9-11-20)19(22)23;;/h6-7,12,14,16H,2-5,8-11H2,1H3,(H,22,23);;1H2/q;+1;/p-1. The Labute approximate surface area is 172 Å². The van der Waals surface area contributed by atoms with Crippen molar-refractivity contribution < 1.29 is 43.7 Å². The second-order valence-corrected chi connectivity index (χ2v) is 7.18.